The van der Waals surface area contributed by atoms with E-state index in [1.807, 2.05) is 12.1 Å². The summed E-state index contributed by atoms with van der Waals surface area (Å²) in [4.78, 5) is 11.7. The van der Waals surface area contributed by atoms with E-state index in [4.69, 9.17) is 4.52 Å². The molecular weight excluding hydrogens is 346 g/mol. The van der Waals surface area contributed by atoms with E-state index in [2.05, 4.69) is 15.2 Å². The maximum atomic E-state index is 12.2. The molecule has 0 saturated heterocycles. The lowest BCUT2D eigenvalue weighted by Gasteiger charge is -2.08. The van der Waals surface area contributed by atoms with Gasteiger partial charge in [0.05, 0.1) is 6.54 Å². The van der Waals surface area contributed by atoms with Crippen molar-refractivity contribution in [3.63, 3.8) is 0 Å². The Morgan fingerprint density at radius 2 is 1.92 bits per heavy atom. The lowest BCUT2D eigenvalue weighted by molar-refractivity contribution is -0.119. The SMILES string of the molecule is Cc1noc(C)c1S(=O)(=O)NCC(=O)NCCCc1ccc(O)cc1. The first-order valence-corrected chi connectivity index (χ1v) is 9.25. The summed E-state index contributed by atoms with van der Waals surface area (Å²) in [5.74, 6) is -0.0250. The van der Waals surface area contributed by atoms with Crippen LogP contribution in [0.3, 0.4) is 0 Å². The van der Waals surface area contributed by atoms with Gasteiger partial charge in [-0.2, -0.15) is 0 Å². The number of sulfonamides is 1. The van der Waals surface area contributed by atoms with Crippen molar-refractivity contribution in [2.24, 2.45) is 0 Å². The van der Waals surface area contributed by atoms with Gasteiger partial charge in [-0.15, -0.1) is 0 Å². The number of aromatic nitrogens is 1. The Bertz CT molecular complexity index is 808. The number of amides is 1. The van der Waals surface area contributed by atoms with Gasteiger partial charge >= 0.3 is 0 Å². The first-order chi connectivity index (χ1) is 11.8. The van der Waals surface area contributed by atoms with Gasteiger partial charge in [-0.25, -0.2) is 13.1 Å². The minimum Gasteiger partial charge on any atom is -0.508 e. The van der Waals surface area contributed by atoms with Crippen LogP contribution in [0.5, 0.6) is 5.75 Å². The third kappa shape index (κ3) is 5.30. The van der Waals surface area contributed by atoms with E-state index < -0.39 is 15.9 Å². The molecule has 1 heterocycles. The smallest absolute Gasteiger partial charge is 0.246 e. The fourth-order valence-corrected chi connectivity index (χ4v) is 3.64. The van der Waals surface area contributed by atoms with E-state index in [0.717, 1.165) is 12.0 Å². The zero-order valence-corrected chi connectivity index (χ0v) is 14.9. The summed E-state index contributed by atoms with van der Waals surface area (Å²) in [5.41, 5.74) is 1.30. The zero-order valence-electron chi connectivity index (χ0n) is 14.1. The van der Waals surface area contributed by atoms with Crippen molar-refractivity contribution in [1.29, 1.82) is 0 Å². The monoisotopic (exact) mass is 367 g/mol. The van der Waals surface area contributed by atoms with Gasteiger partial charge < -0.3 is 14.9 Å². The Morgan fingerprint density at radius 3 is 2.52 bits per heavy atom. The van der Waals surface area contributed by atoms with Crippen LogP contribution in [0.15, 0.2) is 33.7 Å². The lowest BCUT2D eigenvalue weighted by Crippen LogP contribution is -2.37. The van der Waals surface area contributed by atoms with Gasteiger partial charge in [0, 0.05) is 6.54 Å². The molecular formula is C16H21N3O5S. The Morgan fingerprint density at radius 1 is 1.24 bits per heavy atom. The molecule has 2 aromatic rings. The fraction of sp³-hybridized carbons (Fsp3) is 0.375. The van der Waals surface area contributed by atoms with Gasteiger partial charge in [0.1, 0.15) is 16.3 Å². The van der Waals surface area contributed by atoms with Crippen LogP contribution in [0.4, 0.5) is 0 Å². The Hall–Kier alpha value is -2.39. The molecule has 0 aliphatic rings. The molecule has 0 aliphatic carbocycles. The van der Waals surface area contributed by atoms with E-state index >= 15 is 0 Å². The average Bonchev–Trinajstić information content (AvgIpc) is 2.91. The molecule has 25 heavy (non-hydrogen) atoms. The predicted octanol–water partition coefficient (Wildman–Crippen LogP) is 1.02. The molecule has 8 nitrogen and oxygen atoms in total. The quantitative estimate of drug-likeness (QED) is 0.599. The van der Waals surface area contributed by atoms with E-state index in [1.165, 1.54) is 13.8 Å². The highest BCUT2D eigenvalue weighted by molar-refractivity contribution is 7.89. The molecule has 0 atom stereocenters. The summed E-state index contributed by atoms with van der Waals surface area (Å²) in [5, 5.41) is 15.5. The van der Waals surface area contributed by atoms with Crippen LogP contribution in [-0.4, -0.2) is 37.7 Å². The molecule has 0 fully saturated rings. The average molecular weight is 367 g/mol. The van der Waals surface area contributed by atoms with Gasteiger partial charge in [0.25, 0.3) is 0 Å². The number of phenols is 1. The standard InChI is InChI=1S/C16H21N3O5S/c1-11-16(12(2)24-19-11)25(22,23)18-10-15(21)17-9-3-4-13-5-7-14(20)8-6-13/h5-8,18,20H,3-4,9-10H2,1-2H3,(H,17,21). The summed E-state index contributed by atoms with van der Waals surface area (Å²) in [6.45, 7) is 3.09. The molecule has 136 valence electrons. The number of phenolic OH excluding ortho intramolecular Hbond substituents is 1. The number of aryl methyl sites for hydroxylation is 3. The summed E-state index contributed by atoms with van der Waals surface area (Å²) in [6.07, 6.45) is 1.44. The molecule has 0 aliphatic heterocycles. The van der Waals surface area contributed by atoms with Gasteiger partial charge in [-0.1, -0.05) is 17.3 Å². The minimum absolute atomic E-state index is 0.0346. The molecule has 0 unspecified atom stereocenters. The molecule has 0 bridgehead atoms. The van der Waals surface area contributed by atoms with Crippen LogP contribution < -0.4 is 10.0 Å². The van der Waals surface area contributed by atoms with E-state index in [1.54, 1.807) is 12.1 Å². The highest BCUT2D eigenvalue weighted by atomic mass is 32.2. The number of nitrogens with one attached hydrogen (secondary N) is 2. The van der Waals surface area contributed by atoms with Crippen LogP contribution in [0, 0.1) is 13.8 Å². The fourth-order valence-electron chi connectivity index (χ4n) is 2.34. The van der Waals surface area contributed by atoms with E-state index in [0.29, 0.717) is 13.0 Å². The molecule has 0 radical (unpaired) electrons. The summed E-state index contributed by atoms with van der Waals surface area (Å²) in [7, 11) is -3.84. The Balaban J connectivity index is 1.74. The van der Waals surface area contributed by atoms with Crippen LogP contribution in [0.2, 0.25) is 0 Å². The largest absolute Gasteiger partial charge is 0.508 e. The number of aromatic hydroxyl groups is 1. The van der Waals surface area contributed by atoms with Crippen LogP contribution >= 0.6 is 0 Å². The van der Waals surface area contributed by atoms with E-state index in [9.17, 15) is 18.3 Å². The van der Waals surface area contributed by atoms with Crippen molar-refractivity contribution in [3.8, 4) is 5.75 Å². The highest BCUT2D eigenvalue weighted by Gasteiger charge is 2.24. The molecule has 3 N–H and O–H groups in total. The third-order valence-electron chi connectivity index (χ3n) is 3.56. The molecule has 1 amide bonds. The first kappa shape index (κ1) is 18.9. The number of nitrogens with zero attached hydrogens (tertiary/aromatic N) is 1. The van der Waals surface area contributed by atoms with Crippen molar-refractivity contribution in [3.05, 3.63) is 41.3 Å². The van der Waals surface area contributed by atoms with Gasteiger partial charge in [-0.3, -0.25) is 4.79 Å². The Kier molecular flexibility index (Phi) is 6.16. The van der Waals surface area contributed by atoms with Crippen LogP contribution in [0.25, 0.3) is 0 Å². The predicted molar refractivity (Wildman–Crippen MR) is 90.6 cm³/mol. The van der Waals surface area contributed by atoms with Gasteiger partial charge in [0.2, 0.25) is 15.9 Å². The highest BCUT2D eigenvalue weighted by Crippen LogP contribution is 2.18. The molecule has 2 rings (SSSR count). The number of rotatable bonds is 8. The molecule has 1 aromatic heterocycles. The van der Waals surface area contributed by atoms with Crippen molar-refractivity contribution in [2.45, 2.75) is 31.6 Å². The maximum absolute atomic E-state index is 12.2. The summed E-state index contributed by atoms with van der Waals surface area (Å²) in [6, 6.07) is 6.85. The second-order valence-corrected chi connectivity index (χ2v) is 7.30. The second kappa shape index (κ2) is 8.13. The maximum Gasteiger partial charge on any atom is 0.246 e. The topological polar surface area (TPSA) is 122 Å². The summed E-state index contributed by atoms with van der Waals surface area (Å²) < 4.78 is 31.4. The summed E-state index contributed by atoms with van der Waals surface area (Å²) >= 11 is 0. The van der Waals surface area contributed by atoms with Crippen molar-refractivity contribution >= 4 is 15.9 Å². The van der Waals surface area contributed by atoms with Gasteiger partial charge in [0.15, 0.2) is 5.76 Å². The third-order valence-corrected chi connectivity index (χ3v) is 5.20. The first-order valence-electron chi connectivity index (χ1n) is 7.77. The van der Waals surface area contributed by atoms with Crippen molar-refractivity contribution < 1.29 is 22.8 Å². The van der Waals surface area contributed by atoms with Gasteiger partial charge in [-0.05, 0) is 44.4 Å². The zero-order chi connectivity index (χ0) is 18.4. The Labute approximate surface area is 146 Å². The van der Waals surface area contributed by atoms with Crippen LogP contribution in [-0.2, 0) is 21.2 Å². The van der Waals surface area contributed by atoms with Crippen molar-refractivity contribution in [1.82, 2.24) is 15.2 Å². The second-order valence-electron chi connectivity index (χ2n) is 5.60. The number of carbonyl (C=O) groups is 1. The number of hydrogen-bond acceptors (Lipinski definition) is 6. The normalized spacial score (nSPS) is 11.4. The molecule has 1 aromatic carbocycles. The molecule has 9 heteroatoms. The molecule has 0 spiro atoms. The number of hydrogen-bond donors (Lipinski definition) is 3. The van der Waals surface area contributed by atoms with Crippen molar-refractivity contribution in [2.75, 3.05) is 13.1 Å². The molecule has 0 saturated carbocycles. The number of benzene rings is 1. The number of carbonyl (C=O) groups excluding carboxylic acids is 1. The lowest BCUT2D eigenvalue weighted by atomic mass is 10.1. The minimum atomic E-state index is -3.84. The van der Waals surface area contributed by atoms with E-state index in [-0.39, 0.29) is 28.6 Å². The van der Waals surface area contributed by atoms with Crippen LogP contribution in [0.1, 0.15) is 23.4 Å².